The highest BCUT2D eigenvalue weighted by atomic mass is 16.8. The number of nitrogens with two attached hydrogens (primary N) is 1. The molecule has 4 atom stereocenters. The lowest BCUT2D eigenvalue weighted by Crippen LogP contribution is -2.45. The van der Waals surface area contributed by atoms with E-state index in [1.54, 1.807) is 6.20 Å². The molecule has 2 N–H and O–H groups in total. The van der Waals surface area contributed by atoms with Gasteiger partial charge in [0.1, 0.15) is 48.0 Å². The van der Waals surface area contributed by atoms with Crippen LogP contribution in [0.1, 0.15) is 27.0 Å². The first-order valence-corrected chi connectivity index (χ1v) is 10.9. The number of nitrogens with zero attached hydrogens (tertiary/aromatic N) is 4. The Bertz CT molecular complexity index is 1360. The van der Waals surface area contributed by atoms with E-state index in [-0.39, 0.29) is 18.8 Å². The third kappa shape index (κ3) is 3.31. The van der Waals surface area contributed by atoms with E-state index in [1.165, 1.54) is 6.33 Å². The Morgan fingerprint density at radius 1 is 1.06 bits per heavy atom. The fourth-order valence-electron chi connectivity index (χ4n) is 4.77. The van der Waals surface area contributed by atoms with Crippen LogP contribution in [0.3, 0.4) is 0 Å². The molecule has 0 saturated carbocycles. The maximum atomic E-state index is 6.58. The number of rotatable bonds is 4. The zero-order valence-electron chi connectivity index (χ0n) is 18.6. The van der Waals surface area contributed by atoms with Crippen LogP contribution in [-0.4, -0.2) is 49.7 Å². The summed E-state index contributed by atoms with van der Waals surface area (Å²) in [6.07, 6.45) is 3.97. The van der Waals surface area contributed by atoms with Crippen LogP contribution >= 0.6 is 0 Å². The van der Waals surface area contributed by atoms with Crippen LogP contribution < -0.4 is 10.5 Å². The highest BCUT2D eigenvalue weighted by Gasteiger charge is 2.62. The second-order valence-electron chi connectivity index (χ2n) is 9.21. The molecule has 2 aliphatic rings. The maximum Gasteiger partial charge on any atom is 0.165 e. The summed E-state index contributed by atoms with van der Waals surface area (Å²) in [5.41, 5.74) is 6.83. The Hall–Kier alpha value is -3.27. The molecule has 2 aliphatic heterocycles. The molecule has 33 heavy (non-hydrogen) atoms. The molecule has 9 heteroatoms. The van der Waals surface area contributed by atoms with Gasteiger partial charge in [0.25, 0.3) is 0 Å². The van der Waals surface area contributed by atoms with E-state index in [4.69, 9.17) is 24.7 Å². The van der Waals surface area contributed by atoms with Crippen LogP contribution in [0.5, 0.6) is 5.75 Å². The van der Waals surface area contributed by atoms with Crippen LogP contribution in [0.2, 0.25) is 0 Å². The Morgan fingerprint density at radius 2 is 1.94 bits per heavy atom. The lowest BCUT2D eigenvalue weighted by atomic mass is 9.98. The van der Waals surface area contributed by atoms with Crippen LogP contribution in [0.4, 0.5) is 5.82 Å². The largest absolute Gasteiger partial charge is 0.490 e. The Labute approximate surface area is 190 Å². The van der Waals surface area contributed by atoms with Crippen molar-refractivity contribution in [3.05, 3.63) is 55.1 Å². The minimum Gasteiger partial charge on any atom is -0.490 e. The van der Waals surface area contributed by atoms with Gasteiger partial charge >= 0.3 is 0 Å². The van der Waals surface area contributed by atoms with E-state index in [1.807, 2.05) is 67.9 Å². The lowest BCUT2D eigenvalue weighted by molar-refractivity contribution is -0.220. The predicted octanol–water partition coefficient (Wildman–Crippen LogP) is 3.45. The van der Waals surface area contributed by atoms with E-state index >= 15 is 0 Å². The van der Waals surface area contributed by atoms with Gasteiger partial charge in [-0.15, -0.1) is 0 Å². The van der Waals surface area contributed by atoms with Crippen LogP contribution in [-0.2, 0) is 14.2 Å². The first-order valence-electron chi connectivity index (χ1n) is 10.9. The molecule has 0 spiro atoms. The van der Waals surface area contributed by atoms with Crippen molar-refractivity contribution in [3.63, 3.8) is 0 Å². The van der Waals surface area contributed by atoms with Gasteiger partial charge in [0.2, 0.25) is 0 Å². The molecule has 0 bridgehead atoms. The summed E-state index contributed by atoms with van der Waals surface area (Å²) in [5.74, 6) is 0.395. The Morgan fingerprint density at radius 3 is 2.82 bits per heavy atom. The Balaban J connectivity index is 1.32. The molecule has 9 nitrogen and oxygen atoms in total. The third-order valence-corrected chi connectivity index (χ3v) is 6.32. The molecule has 0 amide bonds. The summed E-state index contributed by atoms with van der Waals surface area (Å²) in [4.78, 5) is 12.9. The van der Waals surface area contributed by atoms with Gasteiger partial charge in [-0.2, -0.15) is 0 Å². The number of ether oxygens (including phenoxy) is 4. The molecular formula is C24H25N5O4. The Kier molecular flexibility index (Phi) is 4.39. The van der Waals surface area contributed by atoms with Gasteiger partial charge in [0, 0.05) is 23.8 Å². The molecule has 6 rings (SSSR count). The van der Waals surface area contributed by atoms with Crippen molar-refractivity contribution in [2.24, 2.45) is 0 Å². The normalized spacial score (nSPS) is 28.4. The van der Waals surface area contributed by atoms with Crippen molar-refractivity contribution in [1.29, 1.82) is 0 Å². The van der Waals surface area contributed by atoms with E-state index < -0.39 is 17.6 Å². The molecule has 0 radical (unpaired) electrons. The summed E-state index contributed by atoms with van der Waals surface area (Å²) in [7, 11) is 0. The van der Waals surface area contributed by atoms with Crippen molar-refractivity contribution in [3.8, 4) is 5.75 Å². The molecule has 170 valence electrons. The zero-order valence-corrected chi connectivity index (χ0v) is 18.6. The second kappa shape index (κ2) is 7.11. The van der Waals surface area contributed by atoms with Gasteiger partial charge in [0.15, 0.2) is 12.0 Å². The number of nitrogen functional groups attached to an aromatic ring is 1. The molecule has 5 heterocycles. The maximum absolute atomic E-state index is 6.58. The van der Waals surface area contributed by atoms with E-state index in [9.17, 15) is 0 Å². The zero-order chi connectivity index (χ0) is 22.8. The first-order chi connectivity index (χ1) is 15.8. The number of benzene rings is 1. The highest BCUT2D eigenvalue weighted by Crippen LogP contribution is 2.48. The molecular weight excluding hydrogens is 422 g/mol. The molecule has 2 saturated heterocycles. The molecule has 3 aromatic heterocycles. The van der Waals surface area contributed by atoms with Gasteiger partial charge < -0.3 is 29.2 Å². The van der Waals surface area contributed by atoms with Crippen molar-refractivity contribution in [1.82, 2.24) is 19.5 Å². The van der Waals surface area contributed by atoms with Crippen LogP contribution in [0, 0.1) is 0 Å². The number of aromatic nitrogens is 4. The summed E-state index contributed by atoms with van der Waals surface area (Å²) < 4.78 is 27.3. The average Bonchev–Trinajstić information content (AvgIpc) is 3.44. The van der Waals surface area contributed by atoms with E-state index in [0.29, 0.717) is 11.5 Å². The van der Waals surface area contributed by atoms with E-state index in [2.05, 4.69) is 15.0 Å². The van der Waals surface area contributed by atoms with Gasteiger partial charge in [-0.25, -0.2) is 9.97 Å². The van der Waals surface area contributed by atoms with Gasteiger partial charge in [-0.3, -0.25) is 4.98 Å². The number of pyridine rings is 1. The smallest absolute Gasteiger partial charge is 0.165 e. The molecule has 0 unspecified atom stereocenters. The topological polar surface area (TPSA) is 107 Å². The van der Waals surface area contributed by atoms with Crippen molar-refractivity contribution in [2.45, 2.75) is 50.6 Å². The minimum absolute atomic E-state index is 0.277. The average molecular weight is 447 g/mol. The van der Waals surface area contributed by atoms with Gasteiger partial charge in [-0.05, 0) is 45.0 Å². The lowest BCUT2D eigenvalue weighted by Gasteiger charge is -2.31. The fraction of sp³-hybridized carbons (Fsp3) is 0.375. The van der Waals surface area contributed by atoms with Crippen molar-refractivity contribution >= 4 is 27.8 Å². The van der Waals surface area contributed by atoms with Gasteiger partial charge in [0.05, 0.1) is 10.9 Å². The van der Waals surface area contributed by atoms with Crippen molar-refractivity contribution in [2.75, 3.05) is 12.3 Å². The standard InChI is InChI=1S/C24H25N5O4/c1-23(2)31-18-19(32-23)24(3,12-30-15-7-6-14-5-4-9-26-17(14)11-15)33-22(18)29-10-8-16-20(25)27-13-28-21(16)29/h4-11,13,18-19,22H,12H2,1-3H3,(H2,25,27,28)/t18-,19+,22-,24-/m1/s1. The summed E-state index contributed by atoms with van der Waals surface area (Å²) in [5, 5.41) is 1.83. The first kappa shape index (κ1) is 20.3. The predicted molar refractivity (Wildman–Crippen MR) is 122 cm³/mol. The van der Waals surface area contributed by atoms with Crippen LogP contribution in [0.15, 0.2) is 55.1 Å². The molecule has 2 fully saturated rings. The second-order valence-corrected chi connectivity index (χ2v) is 9.21. The number of hydrogen-bond acceptors (Lipinski definition) is 8. The monoisotopic (exact) mass is 447 g/mol. The minimum atomic E-state index is -0.767. The number of anilines is 1. The quantitative estimate of drug-likeness (QED) is 0.507. The fourth-order valence-corrected chi connectivity index (χ4v) is 4.77. The number of fused-ring (bicyclic) bond motifs is 3. The molecule has 0 aliphatic carbocycles. The number of hydrogen-bond donors (Lipinski definition) is 1. The summed E-state index contributed by atoms with van der Waals surface area (Å²) in [6, 6.07) is 11.7. The highest BCUT2D eigenvalue weighted by molar-refractivity contribution is 5.86. The molecule has 4 aromatic rings. The third-order valence-electron chi connectivity index (χ3n) is 6.32. The molecule has 1 aromatic carbocycles. The summed E-state index contributed by atoms with van der Waals surface area (Å²) in [6.45, 7) is 6.09. The summed E-state index contributed by atoms with van der Waals surface area (Å²) >= 11 is 0. The van der Waals surface area contributed by atoms with Crippen molar-refractivity contribution < 1.29 is 18.9 Å². The SMILES string of the molecule is CC1(C)O[C@H]2[C@H](n3ccc4c(N)ncnc43)O[C@](C)(COc3ccc4cccnc4c3)[C@H]2O1. The van der Waals surface area contributed by atoms with Crippen LogP contribution in [0.25, 0.3) is 21.9 Å². The van der Waals surface area contributed by atoms with E-state index in [0.717, 1.165) is 22.0 Å². The van der Waals surface area contributed by atoms with Gasteiger partial charge in [-0.1, -0.05) is 6.07 Å².